The lowest BCUT2D eigenvalue weighted by atomic mass is 9.95. The Labute approximate surface area is 102 Å². The monoisotopic (exact) mass is 234 g/mol. The normalized spacial score (nSPS) is 16.4. The van der Waals surface area contributed by atoms with Crippen molar-refractivity contribution in [3.05, 3.63) is 35.1 Å². The third kappa shape index (κ3) is 3.39. The first kappa shape index (κ1) is 12.3. The Morgan fingerprint density at radius 3 is 2.76 bits per heavy atom. The topological polar surface area (TPSA) is 17.1 Å². The van der Waals surface area contributed by atoms with Crippen LogP contribution in [0.2, 0.25) is 0 Å². The van der Waals surface area contributed by atoms with E-state index in [0.717, 1.165) is 11.1 Å². The highest BCUT2D eigenvalue weighted by Crippen LogP contribution is 2.28. The zero-order valence-electron chi connectivity index (χ0n) is 10.3. The fourth-order valence-electron chi connectivity index (χ4n) is 2.65. The van der Waals surface area contributed by atoms with Gasteiger partial charge in [-0.2, -0.15) is 0 Å². The molecule has 0 unspecified atom stereocenters. The second-order valence-electron chi connectivity index (χ2n) is 5.14. The third-order valence-corrected chi connectivity index (χ3v) is 3.69. The number of carbonyl (C=O) groups excluding carboxylic acids is 1. The summed E-state index contributed by atoms with van der Waals surface area (Å²) in [6.45, 7) is 1.93. The van der Waals surface area contributed by atoms with Gasteiger partial charge in [-0.25, -0.2) is 4.39 Å². The summed E-state index contributed by atoms with van der Waals surface area (Å²) in [5.74, 6) is 0.584. The molecule has 0 radical (unpaired) electrons. The lowest BCUT2D eigenvalue weighted by Gasteiger charge is -2.09. The zero-order valence-corrected chi connectivity index (χ0v) is 10.3. The summed E-state index contributed by atoms with van der Waals surface area (Å²) in [7, 11) is 0. The molecule has 0 atom stereocenters. The maximum Gasteiger partial charge on any atom is 0.137 e. The molecule has 0 aromatic heterocycles. The minimum absolute atomic E-state index is 0.251. The number of benzene rings is 1. The van der Waals surface area contributed by atoms with Crippen LogP contribution in [-0.4, -0.2) is 5.78 Å². The number of hydrogen-bond acceptors (Lipinski definition) is 1. The van der Waals surface area contributed by atoms with Crippen LogP contribution in [0.3, 0.4) is 0 Å². The van der Waals surface area contributed by atoms with E-state index in [0.29, 0.717) is 18.8 Å². The van der Waals surface area contributed by atoms with Crippen molar-refractivity contribution in [1.29, 1.82) is 0 Å². The minimum atomic E-state index is -0.251. The van der Waals surface area contributed by atoms with Crippen LogP contribution in [0.25, 0.3) is 0 Å². The van der Waals surface area contributed by atoms with Gasteiger partial charge in [-0.3, -0.25) is 4.79 Å². The lowest BCUT2D eigenvalue weighted by molar-refractivity contribution is -0.119. The highest BCUT2D eigenvalue weighted by molar-refractivity contribution is 5.81. The maximum atomic E-state index is 13.1. The Kier molecular flexibility index (Phi) is 3.93. The van der Waals surface area contributed by atoms with Gasteiger partial charge in [-0.1, -0.05) is 31.7 Å². The molecule has 0 saturated heterocycles. The van der Waals surface area contributed by atoms with E-state index in [9.17, 15) is 9.18 Å². The van der Waals surface area contributed by atoms with Gasteiger partial charge < -0.3 is 0 Å². The van der Waals surface area contributed by atoms with Gasteiger partial charge in [0.1, 0.15) is 11.6 Å². The standard InChI is InChI=1S/C15H19FO/c1-11-6-7-14(16)9-13(11)10-15(17)8-12-4-2-3-5-12/h6-7,9,12H,2-5,8,10H2,1H3. The SMILES string of the molecule is Cc1ccc(F)cc1CC(=O)CC1CCCC1. The Hall–Kier alpha value is -1.18. The first-order valence-corrected chi connectivity index (χ1v) is 6.42. The van der Waals surface area contributed by atoms with Crippen LogP contribution < -0.4 is 0 Å². The molecule has 0 aliphatic heterocycles. The molecule has 1 nitrogen and oxygen atoms in total. The van der Waals surface area contributed by atoms with Crippen LogP contribution in [0.5, 0.6) is 0 Å². The smallest absolute Gasteiger partial charge is 0.137 e. The molecule has 17 heavy (non-hydrogen) atoms. The van der Waals surface area contributed by atoms with Crippen LogP contribution >= 0.6 is 0 Å². The Morgan fingerprint density at radius 2 is 2.06 bits per heavy atom. The van der Waals surface area contributed by atoms with Crippen molar-refractivity contribution in [3.63, 3.8) is 0 Å². The fraction of sp³-hybridized carbons (Fsp3) is 0.533. The minimum Gasteiger partial charge on any atom is -0.299 e. The Balaban J connectivity index is 1.95. The van der Waals surface area contributed by atoms with E-state index in [1.165, 1.54) is 37.8 Å². The van der Waals surface area contributed by atoms with Crippen LogP contribution in [0.4, 0.5) is 4.39 Å². The van der Waals surface area contributed by atoms with Gasteiger partial charge in [-0.15, -0.1) is 0 Å². The number of rotatable bonds is 4. The molecule has 2 rings (SSSR count). The van der Waals surface area contributed by atoms with Crippen molar-refractivity contribution >= 4 is 5.78 Å². The Morgan fingerprint density at radius 1 is 1.35 bits per heavy atom. The van der Waals surface area contributed by atoms with Crippen LogP contribution in [0.1, 0.15) is 43.2 Å². The maximum absolute atomic E-state index is 13.1. The van der Waals surface area contributed by atoms with E-state index in [4.69, 9.17) is 0 Å². The molecule has 0 spiro atoms. The van der Waals surface area contributed by atoms with Gasteiger partial charge in [0.2, 0.25) is 0 Å². The predicted molar refractivity (Wildman–Crippen MR) is 66.4 cm³/mol. The van der Waals surface area contributed by atoms with Crippen molar-refractivity contribution in [2.75, 3.05) is 0 Å². The molecule has 0 bridgehead atoms. The molecule has 92 valence electrons. The second-order valence-corrected chi connectivity index (χ2v) is 5.14. The average Bonchev–Trinajstić information content (AvgIpc) is 2.76. The summed E-state index contributed by atoms with van der Waals surface area (Å²) in [6, 6.07) is 4.68. The van der Waals surface area contributed by atoms with Crippen molar-refractivity contribution in [3.8, 4) is 0 Å². The molecule has 1 aliphatic rings. The van der Waals surface area contributed by atoms with Gasteiger partial charge in [0.15, 0.2) is 0 Å². The van der Waals surface area contributed by atoms with Crippen molar-refractivity contribution in [1.82, 2.24) is 0 Å². The van der Waals surface area contributed by atoms with Gasteiger partial charge >= 0.3 is 0 Å². The number of ketones is 1. The van der Waals surface area contributed by atoms with Gasteiger partial charge in [0.25, 0.3) is 0 Å². The molecule has 0 heterocycles. The first-order valence-electron chi connectivity index (χ1n) is 6.42. The molecule has 1 aromatic carbocycles. The van der Waals surface area contributed by atoms with Crippen molar-refractivity contribution in [2.24, 2.45) is 5.92 Å². The Bertz CT molecular complexity index is 405. The van der Waals surface area contributed by atoms with Crippen molar-refractivity contribution < 1.29 is 9.18 Å². The molecule has 1 saturated carbocycles. The number of aryl methyl sites for hydroxylation is 1. The number of hydrogen-bond donors (Lipinski definition) is 0. The van der Waals surface area contributed by atoms with Gasteiger partial charge in [0, 0.05) is 12.8 Å². The van der Waals surface area contributed by atoms with E-state index >= 15 is 0 Å². The van der Waals surface area contributed by atoms with E-state index < -0.39 is 0 Å². The summed E-state index contributed by atoms with van der Waals surface area (Å²) >= 11 is 0. The summed E-state index contributed by atoms with van der Waals surface area (Å²) in [5.41, 5.74) is 1.85. The first-order chi connectivity index (χ1) is 8.15. The molecule has 0 amide bonds. The second kappa shape index (κ2) is 5.44. The number of Topliss-reactive ketones (excluding diaryl/α,β-unsaturated/α-hetero) is 1. The number of carbonyl (C=O) groups is 1. The van der Waals surface area contributed by atoms with Crippen LogP contribution in [0.15, 0.2) is 18.2 Å². The van der Waals surface area contributed by atoms with E-state index in [1.54, 1.807) is 6.07 Å². The summed E-state index contributed by atoms with van der Waals surface area (Å²) in [6.07, 6.45) is 5.96. The lowest BCUT2D eigenvalue weighted by Crippen LogP contribution is -2.09. The molecule has 1 aromatic rings. The largest absolute Gasteiger partial charge is 0.299 e. The zero-order chi connectivity index (χ0) is 12.3. The fourth-order valence-corrected chi connectivity index (χ4v) is 2.65. The van der Waals surface area contributed by atoms with E-state index in [2.05, 4.69) is 0 Å². The van der Waals surface area contributed by atoms with Gasteiger partial charge in [-0.05, 0) is 36.1 Å². The molecular weight excluding hydrogens is 215 g/mol. The molecule has 2 heteroatoms. The van der Waals surface area contributed by atoms with Crippen LogP contribution in [-0.2, 0) is 11.2 Å². The van der Waals surface area contributed by atoms with Crippen molar-refractivity contribution in [2.45, 2.75) is 45.4 Å². The summed E-state index contributed by atoms with van der Waals surface area (Å²) < 4.78 is 13.1. The summed E-state index contributed by atoms with van der Waals surface area (Å²) in [5, 5.41) is 0. The number of halogens is 1. The highest BCUT2D eigenvalue weighted by atomic mass is 19.1. The molecule has 1 aliphatic carbocycles. The van der Waals surface area contributed by atoms with E-state index in [-0.39, 0.29) is 11.6 Å². The summed E-state index contributed by atoms with van der Waals surface area (Å²) in [4.78, 5) is 11.9. The molecule has 1 fully saturated rings. The molecule has 0 N–H and O–H groups in total. The van der Waals surface area contributed by atoms with Gasteiger partial charge in [0.05, 0.1) is 0 Å². The highest BCUT2D eigenvalue weighted by Gasteiger charge is 2.18. The quantitative estimate of drug-likeness (QED) is 0.774. The molecular formula is C15H19FO. The third-order valence-electron chi connectivity index (χ3n) is 3.69. The average molecular weight is 234 g/mol. The van der Waals surface area contributed by atoms with Crippen LogP contribution in [0, 0.1) is 18.7 Å². The predicted octanol–water partition coefficient (Wildman–Crippen LogP) is 3.83. The van der Waals surface area contributed by atoms with E-state index in [1.807, 2.05) is 6.92 Å².